The van der Waals surface area contributed by atoms with Crippen LogP contribution in [0.2, 0.25) is 0 Å². The molecule has 0 aliphatic carbocycles. The van der Waals surface area contributed by atoms with Gasteiger partial charge in [0.25, 0.3) is 0 Å². The Morgan fingerprint density at radius 2 is 2.08 bits per heavy atom. The normalized spacial score (nSPS) is 10.8. The Kier molecular flexibility index (Phi) is 2.54. The average Bonchev–Trinajstić information content (AvgIpc) is 2.30. The van der Waals surface area contributed by atoms with Crippen LogP contribution in [0.25, 0.3) is 0 Å². The van der Waals surface area contributed by atoms with Crippen molar-refractivity contribution in [2.24, 2.45) is 0 Å². The first-order chi connectivity index (χ1) is 5.54. The highest BCUT2D eigenvalue weighted by Crippen LogP contribution is 2.04. The molecule has 0 spiro atoms. The van der Waals surface area contributed by atoms with Gasteiger partial charge in [0, 0.05) is 23.4 Å². The molecular weight excluding hydrogens is 155 g/mol. The van der Waals surface area contributed by atoms with E-state index in [9.17, 15) is 0 Å². The van der Waals surface area contributed by atoms with Crippen molar-refractivity contribution in [2.45, 2.75) is 26.8 Å². The largest absolute Gasteiger partial charge is 0.491 e. The summed E-state index contributed by atoms with van der Waals surface area (Å²) in [5.74, 6) is 0. The molecule has 0 amide bonds. The van der Waals surface area contributed by atoms with Gasteiger partial charge in [-0.1, -0.05) is 0 Å². The average molecular weight is 168 g/mol. The summed E-state index contributed by atoms with van der Waals surface area (Å²) in [4.78, 5) is 0. The van der Waals surface area contributed by atoms with E-state index in [2.05, 4.69) is 5.10 Å². The van der Waals surface area contributed by atoms with Crippen LogP contribution in [0.3, 0.4) is 0 Å². The molecule has 0 aliphatic heterocycles. The molecule has 0 aromatic carbocycles. The number of hydrogen-bond acceptors (Lipinski definition) is 3. The van der Waals surface area contributed by atoms with Gasteiger partial charge in [0.05, 0.1) is 0 Å². The molecule has 1 rings (SSSR count). The zero-order chi connectivity index (χ0) is 9.30. The van der Waals surface area contributed by atoms with Gasteiger partial charge in [-0.3, -0.25) is 4.68 Å². The van der Waals surface area contributed by atoms with Gasteiger partial charge in [-0.05, 0) is 20.8 Å². The van der Waals surface area contributed by atoms with E-state index in [1.54, 1.807) is 4.68 Å². The third kappa shape index (κ3) is 1.51. The minimum absolute atomic E-state index is 0.248. The van der Waals surface area contributed by atoms with Crippen molar-refractivity contribution >= 4 is 12.6 Å². The van der Waals surface area contributed by atoms with Crippen molar-refractivity contribution in [3.63, 3.8) is 0 Å². The number of rotatable bonds is 2. The molecule has 0 radical (unpaired) electrons. The quantitative estimate of drug-likeness (QED) is 0.582. The van der Waals surface area contributed by atoms with Crippen LogP contribution in [0.1, 0.15) is 25.6 Å². The van der Waals surface area contributed by atoms with Gasteiger partial charge in [0.1, 0.15) is 0 Å². The van der Waals surface area contributed by atoms with Gasteiger partial charge in [-0.25, -0.2) is 0 Å². The van der Waals surface area contributed by atoms with Gasteiger partial charge in [-0.15, -0.1) is 0 Å². The molecule has 2 N–H and O–H groups in total. The summed E-state index contributed by atoms with van der Waals surface area (Å²) in [5.41, 5.74) is 1.28. The van der Waals surface area contributed by atoms with Crippen LogP contribution in [-0.2, 0) is 0 Å². The fourth-order valence-corrected chi connectivity index (χ4v) is 1.21. The zero-order valence-corrected chi connectivity index (χ0v) is 7.52. The third-order valence-corrected chi connectivity index (χ3v) is 1.85. The highest BCUT2D eigenvalue weighted by molar-refractivity contribution is 6.59. The Hall–Kier alpha value is -0.805. The molecule has 1 heterocycles. The van der Waals surface area contributed by atoms with E-state index in [1.807, 2.05) is 20.8 Å². The van der Waals surface area contributed by atoms with Crippen LogP contribution in [0, 0.1) is 6.92 Å². The molecule has 1 aromatic rings. The van der Waals surface area contributed by atoms with Gasteiger partial charge in [0.2, 0.25) is 0 Å². The Morgan fingerprint density at radius 1 is 1.50 bits per heavy atom. The summed E-state index contributed by atoms with van der Waals surface area (Å²) >= 11 is 0. The van der Waals surface area contributed by atoms with E-state index < -0.39 is 7.12 Å². The summed E-state index contributed by atoms with van der Waals surface area (Å²) in [6, 6.07) is 0.248. The molecule has 0 saturated carbocycles. The first-order valence-corrected chi connectivity index (χ1v) is 3.94. The molecule has 0 aliphatic rings. The smallest absolute Gasteiger partial charge is 0.423 e. The van der Waals surface area contributed by atoms with E-state index >= 15 is 0 Å². The second kappa shape index (κ2) is 3.29. The summed E-state index contributed by atoms with van der Waals surface area (Å²) in [7, 11) is -1.42. The first-order valence-electron chi connectivity index (χ1n) is 3.94. The minimum atomic E-state index is -1.42. The topological polar surface area (TPSA) is 58.3 Å². The van der Waals surface area contributed by atoms with Gasteiger partial charge < -0.3 is 10.0 Å². The van der Waals surface area contributed by atoms with Crippen molar-refractivity contribution < 1.29 is 10.0 Å². The van der Waals surface area contributed by atoms with Crippen LogP contribution < -0.4 is 5.46 Å². The molecule has 4 nitrogen and oxygen atoms in total. The Labute approximate surface area is 72.0 Å². The monoisotopic (exact) mass is 168 g/mol. The molecule has 0 bridgehead atoms. The standard InChI is InChI=1S/C7H13BN2O2/c1-5(2)10-6(3)7(4-9-10)8(11)12/h4-5,11-12H,1-3H3. The lowest BCUT2D eigenvalue weighted by atomic mass is 9.81. The zero-order valence-electron chi connectivity index (χ0n) is 7.52. The number of aromatic nitrogens is 2. The SMILES string of the molecule is Cc1c(B(O)O)cnn1C(C)C. The van der Waals surface area contributed by atoms with E-state index in [0.717, 1.165) is 5.69 Å². The number of hydrogen-bond donors (Lipinski definition) is 2. The predicted molar refractivity (Wildman–Crippen MR) is 47.2 cm³/mol. The van der Waals surface area contributed by atoms with E-state index in [0.29, 0.717) is 5.46 Å². The Bertz CT molecular complexity index is 245. The summed E-state index contributed by atoms with van der Waals surface area (Å²) < 4.78 is 1.76. The minimum Gasteiger partial charge on any atom is -0.423 e. The molecule has 12 heavy (non-hydrogen) atoms. The van der Waals surface area contributed by atoms with Crippen molar-refractivity contribution in [2.75, 3.05) is 0 Å². The van der Waals surface area contributed by atoms with Crippen molar-refractivity contribution in [3.05, 3.63) is 11.9 Å². The van der Waals surface area contributed by atoms with Crippen molar-refractivity contribution in [1.82, 2.24) is 9.78 Å². The van der Waals surface area contributed by atoms with Crippen LogP contribution in [-0.4, -0.2) is 26.9 Å². The molecule has 0 fully saturated rings. The molecule has 66 valence electrons. The highest BCUT2D eigenvalue weighted by atomic mass is 16.4. The maximum Gasteiger partial charge on any atom is 0.491 e. The Balaban J connectivity index is 3.04. The molecule has 1 aromatic heterocycles. The molecule has 0 atom stereocenters. The van der Waals surface area contributed by atoms with Crippen molar-refractivity contribution in [3.8, 4) is 0 Å². The Morgan fingerprint density at radius 3 is 2.33 bits per heavy atom. The maximum atomic E-state index is 8.90. The second-order valence-electron chi connectivity index (χ2n) is 3.10. The lowest BCUT2D eigenvalue weighted by Crippen LogP contribution is -2.31. The van der Waals surface area contributed by atoms with E-state index in [4.69, 9.17) is 10.0 Å². The summed E-state index contributed by atoms with van der Waals surface area (Å²) in [6.07, 6.45) is 1.49. The van der Waals surface area contributed by atoms with Crippen LogP contribution >= 0.6 is 0 Å². The van der Waals surface area contributed by atoms with Gasteiger partial charge >= 0.3 is 7.12 Å². The van der Waals surface area contributed by atoms with Gasteiger partial charge in [0.15, 0.2) is 0 Å². The van der Waals surface area contributed by atoms with Crippen LogP contribution in [0.5, 0.6) is 0 Å². The summed E-state index contributed by atoms with van der Waals surface area (Å²) in [5, 5.41) is 21.8. The fraction of sp³-hybridized carbons (Fsp3) is 0.571. The van der Waals surface area contributed by atoms with E-state index in [-0.39, 0.29) is 6.04 Å². The predicted octanol–water partition coefficient (Wildman–Crippen LogP) is -0.548. The van der Waals surface area contributed by atoms with Crippen LogP contribution in [0.4, 0.5) is 0 Å². The molecule has 0 unspecified atom stereocenters. The fourth-order valence-electron chi connectivity index (χ4n) is 1.21. The lowest BCUT2D eigenvalue weighted by molar-refractivity contribution is 0.425. The third-order valence-electron chi connectivity index (χ3n) is 1.85. The maximum absolute atomic E-state index is 8.90. The first kappa shape index (κ1) is 9.28. The van der Waals surface area contributed by atoms with Crippen molar-refractivity contribution in [1.29, 1.82) is 0 Å². The van der Waals surface area contributed by atoms with Crippen LogP contribution in [0.15, 0.2) is 6.20 Å². The molecule has 0 saturated heterocycles. The highest BCUT2D eigenvalue weighted by Gasteiger charge is 2.18. The molecule has 5 heteroatoms. The van der Waals surface area contributed by atoms with E-state index in [1.165, 1.54) is 6.20 Å². The van der Waals surface area contributed by atoms with Gasteiger partial charge in [-0.2, -0.15) is 5.10 Å². The second-order valence-corrected chi connectivity index (χ2v) is 3.10. The molecular formula is C7H13BN2O2. The number of nitrogens with zero attached hydrogens (tertiary/aromatic N) is 2. The summed E-state index contributed by atoms with van der Waals surface area (Å²) in [6.45, 7) is 5.81. The lowest BCUT2D eigenvalue weighted by Gasteiger charge is -2.08.